The lowest BCUT2D eigenvalue weighted by Gasteiger charge is -2.33. The van der Waals surface area contributed by atoms with Gasteiger partial charge in [0.15, 0.2) is 5.69 Å². The molecule has 1 saturated heterocycles. The summed E-state index contributed by atoms with van der Waals surface area (Å²) in [5.41, 5.74) is 1.31. The third-order valence-electron chi connectivity index (χ3n) is 4.66. The van der Waals surface area contributed by atoms with Gasteiger partial charge < -0.3 is 15.3 Å². The second kappa shape index (κ2) is 8.56. The highest BCUT2D eigenvalue weighted by Crippen LogP contribution is 2.21. The second-order valence-electron chi connectivity index (χ2n) is 6.45. The van der Waals surface area contributed by atoms with Crippen molar-refractivity contribution in [2.24, 2.45) is 5.92 Å². The summed E-state index contributed by atoms with van der Waals surface area (Å²) in [4.78, 5) is 10.5. The number of aliphatic hydroxyl groups excluding tert-OH is 1. The molecule has 1 fully saturated rings. The zero-order chi connectivity index (χ0) is 17.5. The van der Waals surface area contributed by atoms with Crippen LogP contribution < -0.4 is 5.32 Å². The van der Waals surface area contributed by atoms with Gasteiger partial charge in [-0.1, -0.05) is 30.3 Å². The summed E-state index contributed by atoms with van der Waals surface area (Å²) < 4.78 is 0. The molecule has 2 heterocycles. The lowest BCUT2D eigenvalue weighted by atomic mass is 9.96. The Kier molecular flexibility index (Phi) is 5.94. The van der Waals surface area contributed by atoms with Gasteiger partial charge in [-0.25, -0.2) is 9.97 Å². The zero-order valence-electron chi connectivity index (χ0n) is 14.2. The molecule has 0 radical (unpaired) electrons. The minimum Gasteiger partial charge on any atom is -0.387 e. The number of benzene rings is 1. The van der Waals surface area contributed by atoms with Gasteiger partial charge in [0.1, 0.15) is 11.9 Å². The summed E-state index contributed by atoms with van der Waals surface area (Å²) in [6.07, 6.45) is 4.85. The van der Waals surface area contributed by atoms with Gasteiger partial charge in [0.25, 0.3) is 0 Å². The van der Waals surface area contributed by atoms with E-state index in [0.717, 1.165) is 38.0 Å². The zero-order valence-corrected chi connectivity index (χ0v) is 14.2. The highest BCUT2D eigenvalue weighted by molar-refractivity contribution is 5.33. The minimum atomic E-state index is -0.426. The fraction of sp³-hybridized carbons (Fsp3) is 0.421. The van der Waals surface area contributed by atoms with Crippen molar-refractivity contribution in [3.8, 4) is 6.07 Å². The molecule has 0 saturated carbocycles. The summed E-state index contributed by atoms with van der Waals surface area (Å²) >= 11 is 0. The Morgan fingerprint density at radius 2 is 1.96 bits per heavy atom. The lowest BCUT2D eigenvalue weighted by molar-refractivity contribution is 0.0909. The molecule has 1 aromatic heterocycles. The van der Waals surface area contributed by atoms with Crippen molar-refractivity contribution < 1.29 is 5.11 Å². The summed E-state index contributed by atoms with van der Waals surface area (Å²) in [6.45, 7) is 3.53. The highest BCUT2D eigenvalue weighted by Gasteiger charge is 2.21. The van der Waals surface area contributed by atoms with E-state index in [2.05, 4.69) is 20.2 Å². The SMILES string of the molecule is N#Cc1cnc(NCC2CCN(C[C@H](O)c3ccccc3)CC2)cn1. The third kappa shape index (κ3) is 4.99. The largest absolute Gasteiger partial charge is 0.387 e. The molecule has 6 nitrogen and oxygen atoms in total. The first-order chi connectivity index (χ1) is 12.2. The minimum absolute atomic E-state index is 0.329. The molecule has 1 aliphatic heterocycles. The van der Waals surface area contributed by atoms with Crippen LogP contribution in [0.1, 0.15) is 30.2 Å². The number of likely N-dealkylation sites (tertiary alicyclic amines) is 1. The monoisotopic (exact) mass is 337 g/mol. The van der Waals surface area contributed by atoms with Crippen LogP contribution in [-0.2, 0) is 0 Å². The Hall–Kier alpha value is -2.49. The van der Waals surface area contributed by atoms with Crippen LogP contribution >= 0.6 is 0 Å². The average molecular weight is 337 g/mol. The first-order valence-electron chi connectivity index (χ1n) is 8.66. The van der Waals surface area contributed by atoms with Crippen LogP contribution in [0.3, 0.4) is 0 Å². The van der Waals surface area contributed by atoms with Crippen LogP contribution in [0.5, 0.6) is 0 Å². The van der Waals surface area contributed by atoms with Gasteiger partial charge >= 0.3 is 0 Å². The van der Waals surface area contributed by atoms with Crippen LogP contribution in [-0.4, -0.2) is 46.2 Å². The Balaban J connectivity index is 1.40. The number of hydrogen-bond acceptors (Lipinski definition) is 6. The molecule has 0 aliphatic carbocycles. The number of nitriles is 1. The van der Waals surface area contributed by atoms with E-state index in [1.165, 1.54) is 6.20 Å². The van der Waals surface area contributed by atoms with Crippen molar-refractivity contribution >= 4 is 5.82 Å². The van der Waals surface area contributed by atoms with Gasteiger partial charge in [-0.15, -0.1) is 0 Å². The van der Waals surface area contributed by atoms with Gasteiger partial charge in [0.05, 0.1) is 18.5 Å². The average Bonchev–Trinajstić information content (AvgIpc) is 2.68. The number of nitrogens with zero attached hydrogens (tertiary/aromatic N) is 4. The summed E-state index contributed by atoms with van der Waals surface area (Å²) in [5, 5.41) is 22.4. The van der Waals surface area contributed by atoms with Crippen molar-refractivity contribution in [1.82, 2.24) is 14.9 Å². The van der Waals surface area contributed by atoms with E-state index in [1.807, 2.05) is 36.4 Å². The Bertz CT molecular complexity index is 690. The van der Waals surface area contributed by atoms with Gasteiger partial charge in [0.2, 0.25) is 0 Å². The molecule has 1 aromatic carbocycles. The van der Waals surface area contributed by atoms with E-state index in [0.29, 0.717) is 24.0 Å². The number of rotatable bonds is 6. The third-order valence-corrected chi connectivity index (χ3v) is 4.66. The smallest absolute Gasteiger partial charge is 0.158 e. The fourth-order valence-corrected chi connectivity index (χ4v) is 3.12. The summed E-state index contributed by atoms with van der Waals surface area (Å²) in [6, 6.07) is 11.8. The summed E-state index contributed by atoms with van der Waals surface area (Å²) in [7, 11) is 0. The first-order valence-corrected chi connectivity index (χ1v) is 8.66. The molecule has 2 aromatic rings. The molecule has 2 N–H and O–H groups in total. The van der Waals surface area contributed by atoms with E-state index in [9.17, 15) is 5.11 Å². The molecule has 0 amide bonds. The molecule has 0 unspecified atom stereocenters. The molecule has 6 heteroatoms. The van der Waals surface area contributed by atoms with Gasteiger partial charge in [0, 0.05) is 13.1 Å². The molecular weight excluding hydrogens is 314 g/mol. The Morgan fingerprint density at radius 1 is 1.20 bits per heavy atom. The molecule has 3 rings (SSSR count). The topological polar surface area (TPSA) is 85.1 Å². The van der Waals surface area contributed by atoms with Crippen LogP contribution in [0.15, 0.2) is 42.7 Å². The van der Waals surface area contributed by atoms with Crippen molar-refractivity contribution in [3.05, 3.63) is 54.0 Å². The normalized spacial score (nSPS) is 17.0. The maximum absolute atomic E-state index is 10.3. The summed E-state index contributed by atoms with van der Waals surface area (Å²) in [5.74, 6) is 1.29. The predicted molar refractivity (Wildman–Crippen MR) is 95.8 cm³/mol. The van der Waals surface area contributed by atoms with Crippen molar-refractivity contribution in [1.29, 1.82) is 5.26 Å². The molecule has 25 heavy (non-hydrogen) atoms. The molecule has 130 valence electrons. The van der Waals surface area contributed by atoms with Gasteiger partial charge in [-0.2, -0.15) is 5.26 Å². The number of aliphatic hydroxyl groups is 1. The van der Waals surface area contributed by atoms with Gasteiger partial charge in [-0.05, 0) is 37.4 Å². The standard InChI is InChI=1S/C19H23N5O/c20-10-17-12-23-19(13-21-17)22-11-15-6-8-24(9-7-15)14-18(25)16-4-2-1-3-5-16/h1-5,12-13,15,18,25H,6-9,11,14H2,(H,22,23)/t18-/m0/s1. The molecular formula is C19H23N5O. The lowest BCUT2D eigenvalue weighted by Crippen LogP contribution is -2.38. The van der Waals surface area contributed by atoms with Crippen LogP contribution in [0.25, 0.3) is 0 Å². The number of hydrogen-bond donors (Lipinski definition) is 2. The predicted octanol–water partition coefficient (Wildman–Crippen LogP) is 2.21. The van der Waals surface area contributed by atoms with Gasteiger partial charge in [-0.3, -0.25) is 0 Å². The Labute approximate surface area is 148 Å². The first kappa shape index (κ1) is 17.3. The maximum Gasteiger partial charge on any atom is 0.158 e. The van der Waals surface area contributed by atoms with Crippen molar-refractivity contribution in [2.75, 3.05) is 31.5 Å². The quantitative estimate of drug-likeness (QED) is 0.840. The molecule has 1 atom stereocenters. The Morgan fingerprint density at radius 3 is 2.60 bits per heavy atom. The number of aromatic nitrogens is 2. The molecule has 0 bridgehead atoms. The fourth-order valence-electron chi connectivity index (χ4n) is 3.12. The van der Waals surface area contributed by atoms with E-state index < -0.39 is 6.10 Å². The highest BCUT2D eigenvalue weighted by atomic mass is 16.3. The maximum atomic E-state index is 10.3. The number of anilines is 1. The van der Waals surface area contributed by atoms with Crippen molar-refractivity contribution in [2.45, 2.75) is 18.9 Å². The van der Waals surface area contributed by atoms with Crippen LogP contribution in [0.4, 0.5) is 5.82 Å². The number of piperidine rings is 1. The van der Waals surface area contributed by atoms with E-state index in [4.69, 9.17) is 5.26 Å². The second-order valence-corrected chi connectivity index (χ2v) is 6.45. The van der Waals surface area contributed by atoms with E-state index in [1.54, 1.807) is 6.20 Å². The van der Waals surface area contributed by atoms with E-state index >= 15 is 0 Å². The molecule has 0 spiro atoms. The molecule has 1 aliphatic rings. The van der Waals surface area contributed by atoms with Crippen LogP contribution in [0, 0.1) is 17.2 Å². The number of nitrogens with one attached hydrogen (secondary N) is 1. The van der Waals surface area contributed by atoms with E-state index in [-0.39, 0.29) is 0 Å². The number of β-amino-alcohol motifs (C(OH)–C–C–N with tert-alkyl or cyclic N) is 1. The van der Waals surface area contributed by atoms with Crippen molar-refractivity contribution in [3.63, 3.8) is 0 Å². The van der Waals surface area contributed by atoms with Crippen LogP contribution in [0.2, 0.25) is 0 Å².